The van der Waals surface area contributed by atoms with Gasteiger partial charge < -0.3 is 19.8 Å². The van der Waals surface area contributed by atoms with Gasteiger partial charge in [-0.05, 0) is 49.6 Å². The first-order valence-corrected chi connectivity index (χ1v) is 11.4. The maximum Gasteiger partial charge on any atom is 0.407 e. The second kappa shape index (κ2) is 9.90. The molecule has 0 radical (unpaired) electrons. The zero-order chi connectivity index (χ0) is 24.4. The van der Waals surface area contributed by atoms with Crippen LogP contribution in [-0.4, -0.2) is 70.7 Å². The minimum absolute atomic E-state index is 0.0664. The summed E-state index contributed by atoms with van der Waals surface area (Å²) in [6.07, 6.45) is 1.23. The zero-order valence-electron chi connectivity index (χ0n) is 18.8. The fourth-order valence-corrected chi connectivity index (χ4v) is 5.03. The molecule has 0 saturated carbocycles. The standard InChI is InChI=1S/C24H27F3N4O3/c1-2-31(24(33)34)21-14-30(13-18(21)16-3-5-19(26)20(27)11-16)23(32)15-7-9-29(10-8-15)22-6-4-17(25)12-28-22/h3-6,11-12,15,18,21H,2,7-10,13-14H2,1H3,(H,33,34)/t18-,21+/m0/s1. The third-order valence-corrected chi connectivity index (χ3v) is 6.84. The summed E-state index contributed by atoms with van der Waals surface area (Å²) in [5.74, 6) is -2.48. The Kier molecular flexibility index (Phi) is 6.95. The van der Waals surface area contributed by atoms with Gasteiger partial charge in [0.15, 0.2) is 11.6 Å². The van der Waals surface area contributed by atoms with E-state index in [4.69, 9.17) is 0 Å². The predicted molar refractivity (Wildman–Crippen MR) is 119 cm³/mol. The number of likely N-dealkylation sites (N-methyl/N-ethyl adjacent to an activating group) is 1. The highest BCUT2D eigenvalue weighted by atomic mass is 19.2. The van der Waals surface area contributed by atoms with Gasteiger partial charge in [-0.2, -0.15) is 0 Å². The molecular formula is C24H27F3N4O3. The highest BCUT2D eigenvalue weighted by Crippen LogP contribution is 2.34. The van der Waals surface area contributed by atoms with Crippen molar-refractivity contribution in [3.05, 3.63) is 59.5 Å². The molecular weight excluding hydrogens is 449 g/mol. The monoisotopic (exact) mass is 476 g/mol. The lowest BCUT2D eigenvalue weighted by Gasteiger charge is -2.34. The second-order valence-electron chi connectivity index (χ2n) is 8.76. The van der Waals surface area contributed by atoms with Crippen LogP contribution in [-0.2, 0) is 4.79 Å². The van der Waals surface area contributed by atoms with E-state index in [-0.39, 0.29) is 31.5 Å². The number of benzene rings is 1. The summed E-state index contributed by atoms with van der Waals surface area (Å²) in [5.41, 5.74) is 0.469. The molecule has 4 rings (SSSR count). The molecule has 2 aliphatic heterocycles. The van der Waals surface area contributed by atoms with Crippen LogP contribution in [0, 0.1) is 23.4 Å². The van der Waals surface area contributed by atoms with Crippen LogP contribution in [0.2, 0.25) is 0 Å². The fraction of sp³-hybridized carbons (Fsp3) is 0.458. The van der Waals surface area contributed by atoms with Crippen molar-refractivity contribution in [2.45, 2.75) is 31.7 Å². The lowest BCUT2D eigenvalue weighted by Crippen LogP contribution is -2.45. The molecule has 1 aromatic heterocycles. The van der Waals surface area contributed by atoms with Crippen molar-refractivity contribution in [3.8, 4) is 0 Å². The highest BCUT2D eigenvalue weighted by molar-refractivity contribution is 5.80. The molecule has 34 heavy (non-hydrogen) atoms. The number of hydrogen-bond donors (Lipinski definition) is 1. The van der Waals surface area contributed by atoms with Crippen LogP contribution in [0.5, 0.6) is 0 Å². The lowest BCUT2D eigenvalue weighted by molar-refractivity contribution is -0.135. The number of carbonyl (C=O) groups is 2. The topological polar surface area (TPSA) is 77.0 Å². The van der Waals surface area contributed by atoms with Crippen molar-refractivity contribution < 1.29 is 27.9 Å². The molecule has 0 unspecified atom stereocenters. The number of likely N-dealkylation sites (tertiary alicyclic amines) is 1. The first-order chi connectivity index (χ1) is 16.3. The Balaban J connectivity index is 1.48. The molecule has 2 fully saturated rings. The Morgan fingerprint density at radius 3 is 2.41 bits per heavy atom. The summed E-state index contributed by atoms with van der Waals surface area (Å²) < 4.78 is 40.6. The van der Waals surface area contributed by atoms with Crippen molar-refractivity contribution in [1.82, 2.24) is 14.8 Å². The van der Waals surface area contributed by atoms with Crippen LogP contribution in [0.4, 0.5) is 23.8 Å². The Labute approximate surface area is 195 Å². The van der Waals surface area contributed by atoms with E-state index in [1.807, 2.05) is 4.90 Å². The average molecular weight is 476 g/mol. The molecule has 2 aromatic rings. The van der Waals surface area contributed by atoms with Gasteiger partial charge in [-0.15, -0.1) is 0 Å². The van der Waals surface area contributed by atoms with Crippen LogP contribution in [0.1, 0.15) is 31.2 Å². The van der Waals surface area contributed by atoms with Gasteiger partial charge >= 0.3 is 6.09 Å². The maximum absolute atomic E-state index is 13.9. The van der Waals surface area contributed by atoms with Crippen molar-refractivity contribution in [2.75, 3.05) is 37.6 Å². The van der Waals surface area contributed by atoms with Crippen LogP contribution in [0.3, 0.4) is 0 Å². The number of amides is 2. The minimum Gasteiger partial charge on any atom is -0.465 e. The Bertz CT molecular complexity index is 1040. The molecule has 182 valence electrons. The third-order valence-electron chi connectivity index (χ3n) is 6.84. The average Bonchev–Trinajstić information content (AvgIpc) is 3.26. The van der Waals surface area contributed by atoms with Crippen molar-refractivity contribution in [1.29, 1.82) is 0 Å². The summed E-state index contributed by atoms with van der Waals surface area (Å²) in [6.45, 7) is 3.54. The first-order valence-electron chi connectivity index (χ1n) is 11.4. The van der Waals surface area contributed by atoms with E-state index in [0.29, 0.717) is 37.3 Å². The van der Waals surface area contributed by atoms with Crippen molar-refractivity contribution >= 4 is 17.8 Å². The molecule has 1 N–H and O–H groups in total. The molecule has 2 atom stereocenters. The Morgan fingerprint density at radius 1 is 1.09 bits per heavy atom. The van der Waals surface area contributed by atoms with E-state index in [1.54, 1.807) is 17.9 Å². The van der Waals surface area contributed by atoms with Gasteiger partial charge in [-0.1, -0.05) is 6.07 Å². The van der Waals surface area contributed by atoms with E-state index in [1.165, 1.54) is 17.0 Å². The predicted octanol–water partition coefficient (Wildman–Crippen LogP) is 3.71. The highest BCUT2D eigenvalue weighted by Gasteiger charge is 2.43. The number of piperidine rings is 1. The fourth-order valence-electron chi connectivity index (χ4n) is 5.03. The number of anilines is 1. The van der Waals surface area contributed by atoms with Crippen molar-refractivity contribution in [3.63, 3.8) is 0 Å². The number of carboxylic acid groups (broad SMARTS) is 1. The van der Waals surface area contributed by atoms with Crippen molar-refractivity contribution in [2.24, 2.45) is 5.92 Å². The number of aromatic nitrogens is 1. The number of carbonyl (C=O) groups excluding carboxylic acids is 1. The molecule has 10 heteroatoms. The molecule has 0 aliphatic carbocycles. The van der Waals surface area contributed by atoms with Crippen LogP contribution in [0.15, 0.2) is 36.5 Å². The van der Waals surface area contributed by atoms with Gasteiger partial charge in [0, 0.05) is 44.6 Å². The van der Waals surface area contributed by atoms with Crippen LogP contribution < -0.4 is 4.90 Å². The molecule has 3 heterocycles. The molecule has 2 saturated heterocycles. The molecule has 0 bridgehead atoms. The molecule has 0 spiro atoms. The smallest absolute Gasteiger partial charge is 0.407 e. The quantitative estimate of drug-likeness (QED) is 0.712. The van der Waals surface area contributed by atoms with Gasteiger partial charge in [0.05, 0.1) is 12.2 Å². The number of nitrogens with zero attached hydrogens (tertiary/aromatic N) is 4. The number of pyridine rings is 1. The minimum atomic E-state index is -1.12. The van der Waals surface area contributed by atoms with Gasteiger partial charge in [-0.3, -0.25) is 4.79 Å². The molecule has 2 aliphatic rings. The maximum atomic E-state index is 13.9. The van der Waals surface area contributed by atoms with E-state index in [0.717, 1.165) is 18.3 Å². The van der Waals surface area contributed by atoms with E-state index < -0.39 is 35.5 Å². The van der Waals surface area contributed by atoms with Crippen LogP contribution in [0.25, 0.3) is 0 Å². The first kappa shape index (κ1) is 23.8. The van der Waals surface area contributed by atoms with Gasteiger partial charge in [0.1, 0.15) is 11.6 Å². The zero-order valence-corrected chi connectivity index (χ0v) is 18.8. The van der Waals surface area contributed by atoms with E-state index >= 15 is 0 Å². The summed E-state index contributed by atoms with van der Waals surface area (Å²) in [7, 11) is 0. The SMILES string of the molecule is CCN(C(=O)O)[C@@H]1CN(C(=O)C2CCN(c3ccc(F)cn3)CC2)C[C@H]1c1ccc(F)c(F)c1. The molecule has 1 aromatic carbocycles. The van der Waals surface area contributed by atoms with Crippen LogP contribution >= 0.6 is 0 Å². The largest absolute Gasteiger partial charge is 0.465 e. The van der Waals surface area contributed by atoms with Gasteiger partial charge in [-0.25, -0.2) is 22.9 Å². The summed E-state index contributed by atoms with van der Waals surface area (Å²) in [6, 6.07) is 5.98. The lowest BCUT2D eigenvalue weighted by atomic mass is 9.93. The molecule has 2 amide bonds. The molecule has 7 nitrogen and oxygen atoms in total. The third kappa shape index (κ3) is 4.80. The number of hydrogen-bond acceptors (Lipinski definition) is 4. The number of rotatable bonds is 5. The van der Waals surface area contributed by atoms with Gasteiger partial charge in [0.2, 0.25) is 5.91 Å². The van der Waals surface area contributed by atoms with E-state index in [2.05, 4.69) is 4.98 Å². The summed E-state index contributed by atoms with van der Waals surface area (Å²) in [4.78, 5) is 34.2. The van der Waals surface area contributed by atoms with E-state index in [9.17, 15) is 27.9 Å². The number of halogens is 3. The Hall–Kier alpha value is -3.30. The second-order valence-corrected chi connectivity index (χ2v) is 8.76. The summed E-state index contributed by atoms with van der Waals surface area (Å²) >= 11 is 0. The summed E-state index contributed by atoms with van der Waals surface area (Å²) in [5, 5.41) is 9.68. The Morgan fingerprint density at radius 2 is 1.82 bits per heavy atom. The van der Waals surface area contributed by atoms with Gasteiger partial charge in [0.25, 0.3) is 0 Å². The normalized spacial score (nSPS) is 21.1.